The highest BCUT2D eigenvalue weighted by atomic mass is 16.5. The molecule has 0 aromatic heterocycles. The van der Waals surface area contributed by atoms with Crippen molar-refractivity contribution in [3.8, 4) is 0 Å². The van der Waals surface area contributed by atoms with Crippen LogP contribution in [-0.4, -0.2) is 72.9 Å². The van der Waals surface area contributed by atoms with Crippen LogP contribution in [0.3, 0.4) is 0 Å². The lowest BCUT2D eigenvalue weighted by Gasteiger charge is -2.23. The molecule has 0 saturated heterocycles. The largest absolute Gasteiger partial charge is 0.463 e. The van der Waals surface area contributed by atoms with Crippen LogP contribution in [0.2, 0.25) is 0 Å². The maximum Gasteiger partial charge on any atom is 0.310 e. The summed E-state index contributed by atoms with van der Waals surface area (Å²) in [5, 5.41) is 26.7. The van der Waals surface area contributed by atoms with E-state index in [1.165, 1.54) is 19.3 Å². The van der Waals surface area contributed by atoms with Crippen LogP contribution in [0.5, 0.6) is 0 Å². The van der Waals surface area contributed by atoms with Gasteiger partial charge in [-0.05, 0) is 31.6 Å². The summed E-state index contributed by atoms with van der Waals surface area (Å²) >= 11 is 0. The number of carbonyl (C=O) groups excluding carboxylic acids is 3. The number of rotatable bonds is 25. The zero-order chi connectivity index (χ0) is 27.6. The highest BCUT2D eigenvalue weighted by molar-refractivity contribution is 5.80. The molecule has 0 rings (SSSR count). The maximum absolute atomic E-state index is 12.8. The van der Waals surface area contributed by atoms with E-state index in [9.17, 15) is 14.4 Å². The van der Waals surface area contributed by atoms with Crippen molar-refractivity contribution < 1.29 is 43.9 Å². The average molecular weight is 531 g/mol. The van der Waals surface area contributed by atoms with Gasteiger partial charge in [0.25, 0.3) is 0 Å². The molecule has 37 heavy (non-hydrogen) atoms. The minimum atomic E-state index is -0.727. The van der Waals surface area contributed by atoms with Gasteiger partial charge in [-0.15, -0.1) is 0 Å². The molecule has 0 aromatic rings. The van der Waals surface area contributed by atoms with Gasteiger partial charge in [0.2, 0.25) is 0 Å². The molecule has 0 aliphatic rings. The Hall–Kier alpha value is -1.97. The van der Waals surface area contributed by atoms with Gasteiger partial charge in [0.15, 0.2) is 0 Å². The van der Waals surface area contributed by atoms with Crippen LogP contribution < -0.4 is 0 Å². The van der Waals surface area contributed by atoms with E-state index in [0.717, 1.165) is 51.4 Å². The highest BCUT2D eigenvalue weighted by Crippen LogP contribution is 2.27. The van der Waals surface area contributed by atoms with Gasteiger partial charge in [0.1, 0.15) is 19.8 Å². The SMILES string of the molecule is CCCCCCC/C=C\C(CCCCCCCC(=O)OCCO)C(CC(=O)OCCO)C(=O)OCCO. The number of hydrogen-bond acceptors (Lipinski definition) is 9. The lowest BCUT2D eigenvalue weighted by Crippen LogP contribution is -2.29. The Labute approximate surface area is 222 Å². The van der Waals surface area contributed by atoms with Crippen LogP contribution in [0.15, 0.2) is 12.2 Å². The number of hydrogen-bond donors (Lipinski definition) is 3. The Kier molecular flexibility index (Phi) is 24.3. The van der Waals surface area contributed by atoms with E-state index in [0.29, 0.717) is 12.8 Å². The minimum Gasteiger partial charge on any atom is -0.463 e. The highest BCUT2D eigenvalue weighted by Gasteiger charge is 2.31. The number of unbranched alkanes of at least 4 members (excludes halogenated alkanes) is 9. The molecule has 0 radical (unpaired) electrons. The van der Waals surface area contributed by atoms with E-state index >= 15 is 0 Å². The summed E-state index contributed by atoms with van der Waals surface area (Å²) < 4.78 is 15.0. The molecule has 216 valence electrons. The molecule has 0 bridgehead atoms. The van der Waals surface area contributed by atoms with Crippen molar-refractivity contribution in [3.05, 3.63) is 12.2 Å². The zero-order valence-corrected chi connectivity index (χ0v) is 22.7. The predicted octanol–water partition coefficient (Wildman–Crippen LogP) is 3.86. The van der Waals surface area contributed by atoms with Crippen LogP contribution in [0.25, 0.3) is 0 Å². The molecule has 2 atom stereocenters. The van der Waals surface area contributed by atoms with Gasteiger partial charge in [0, 0.05) is 6.42 Å². The van der Waals surface area contributed by atoms with Gasteiger partial charge in [0.05, 0.1) is 32.2 Å². The number of carbonyl (C=O) groups is 3. The lowest BCUT2D eigenvalue weighted by molar-refractivity contribution is -0.157. The first kappa shape index (κ1) is 35.0. The Morgan fingerprint density at radius 3 is 1.95 bits per heavy atom. The zero-order valence-electron chi connectivity index (χ0n) is 22.7. The molecular formula is C28H50O9. The fraction of sp³-hybridized carbons (Fsp3) is 0.821. The van der Waals surface area contributed by atoms with E-state index in [2.05, 4.69) is 13.0 Å². The molecule has 0 saturated carbocycles. The molecule has 0 aliphatic carbocycles. The van der Waals surface area contributed by atoms with Crippen molar-refractivity contribution in [2.24, 2.45) is 11.8 Å². The van der Waals surface area contributed by atoms with Crippen molar-refractivity contribution in [2.45, 2.75) is 96.8 Å². The van der Waals surface area contributed by atoms with Crippen LogP contribution in [0.1, 0.15) is 96.8 Å². The van der Waals surface area contributed by atoms with Crippen LogP contribution >= 0.6 is 0 Å². The molecule has 0 aromatic carbocycles. The Morgan fingerprint density at radius 1 is 0.703 bits per heavy atom. The van der Waals surface area contributed by atoms with E-state index in [1.807, 2.05) is 6.08 Å². The molecule has 2 unspecified atom stereocenters. The number of aliphatic hydroxyl groups excluding tert-OH is 3. The molecule has 0 fully saturated rings. The summed E-state index contributed by atoms with van der Waals surface area (Å²) in [5.41, 5.74) is 0. The second-order valence-electron chi connectivity index (χ2n) is 9.19. The van der Waals surface area contributed by atoms with Crippen LogP contribution in [0.4, 0.5) is 0 Å². The Morgan fingerprint density at radius 2 is 1.27 bits per heavy atom. The molecule has 3 N–H and O–H groups in total. The summed E-state index contributed by atoms with van der Waals surface area (Å²) in [7, 11) is 0. The fourth-order valence-corrected chi connectivity index (χ4v) is 4.04. The van der Waals surface area contributed by atoms with Gasteiger partial charge in [-0.1, -0.05) is 70.4 Å². The first-order valence-corrected chi connectivity index (χ1v) is 14.0. The van der Waals surface area contributed by atoms with Crippen molar-refractivity contribution in [1.29, 1.82) is 0 Å². The first-order valence-electron chi connectivity index (χ1n) is 14.0. The van der Waals surface area contributed by atoms with E-state index in [4.69, 9.17) is 29.5 Å². The molecule has 9 nitrogen and oxygen atoms in total. The number of esters is 3. The minimum absolute atomic E-state index is 0.0297. The third-order valence-corrected chi connectivity index (χ3v) is 6.03. The smallest absolute Gasteiger partial charge is 0.310 e. The molecular weight excluding hydrogens is 480 g/mol. The van der Waals surface area contributed by atoms with Gasteiger partial charge in [-0.25, -0.2) is 0 Å². The van der Waals surface area contributed by atoms with E-state index < -0.39 is 17.9 Å². The average Bonchev–Trinajstić information content (AvgIpc) is 2.90. The topological polar surface area (TPSA) is 140 Å². The third kappa shape index (κ3) is 20.7. The molecule has 0 amide bonds. The summed E-state index contributed by atoms with van der Waals surface area (Å²) in [6, 6.07) is 0. The van der Waals surface area contributed by atoms with Crippen molar-refractivity contribution >= 4 is 17.9 Å². The summed E-state index contributed by atoms with van der Waals surface area (Å²) in [5.74, 6) is -2.33. The van der Waals surface area contributed by atoms with Crippen molar-refractivity contribution in [3.63, 3.8) is 0 Å². The van der Waals surface area contributed by atoms with Gasteiger partial charge in [-0.2, -0.15) is 0 Å². The molecule has 0 heterocycles. The van der Waals surface area contributed by atoms with E-state index in [1.54, 1.807) is 0 Å². The quantitative estimate of drug-likeness (QED) is 0.0694. The molecule has 9 heteroatoms. The fourth-order valence-electron chi connectivity index (χ4n) is 4.04. The van der Waals surface area contributed by atoms with Crippen molar-refractivity contribution in [1.82, 2.24) is 0 Å². The van der Waals surface area contributed by atoms with Crippen LogP contribution in [-0.2, 0) is 28.6 Å². The van der Waals surface area contributed by atoms with Gasteiger partial charge in [-0.3, -0.25) is 14.4 Å². The molecule has 0 spiro atoms. The lowest BCUT2D eigenvalue weighted by atomic mass is 9.84. The normalized spacial score (nSPS) is 12.9. The standard InChI is InChI=1S/C28H50O9/c1-2-3-4-5-6-8-11-14-24(15-12-9-7-10-13-16-26(32)35-20-17-29)25(28(34)37-22-19-31)23-27(33)36-21-18-30/h11,14,24-25,29-31H,2-10,12-13,15-23H2,1H3/b14-11-. The maximum atomic E-state index is 12.8. The second kappa shape index (κ2) is 25.7. The monoisotopic (exact) mass is 530 g/mol. The number of aliphatic hydroxyl groups is 3. The van der Waals surface area contributed by atoms with Crippen molar-refractivity contribution in [2.75, 3.05) is 39.6 Å². The van der Waals surface area contributed by atoms with Gasteiger partial charge < -0.3 is 29.5 Å². The molecule has 0 aliphatic heterocycles. The summed E-state index contributed by atoms with van der Waals surface area (Å²) in [4.78, 5) is 36.6. The first-order chi connectivity index (χ1) is 18.0. The van der Waals surface area contributed by atoms with Crippen LogP contribution in [0, 0.1) is 11.8 Å². The van der Waals surface area contributed by atoms with Gasteiger partial charge >= 0.3 is 17.9 Å². The Balaban J connectivity index is 4.96. The third-order valence-electron chi connectivity index (χ3n) is 6.03. The number of ether oxygens (including phenoxy) is 3. The Bertz CT molecular complexity index is 606. The summed E-state index contributed by atoms with van der Waals surface area (Å²) in [6.07, 6.45) is 16.0. The predicted molar refractivity (Wildman–Crippen MR) is 141 cm³/mol. The van der Waals surface area contributed by atoms with E-state index in [-0.39, 0.29) is 57.9 Å². The summed E-state index contributed by atoms with van der Waals surface area (Å²) in [6.45, 7) is 1.21. The second-order valence-corrected chi connectivity index (χ2v) is 9.19. The number of allylic oxidation sites excluding steroid dienone is 2.